The Morgan fingerprint density at radius 2 is 1.91 bits per heavy atom. The van der Waals surface area contributed by atoms with Crippen molar-refractivity contribution in [3.63, 3.8) is 0 Å². The van der Waals surface area contributed by atoms with Gasteiger partial charge < -0.3 is 10.4 Å². The van der Waals surface area contributed by atoms with Gasteiger partial charge in [0.2, 0.25) is 0 Å². The average molecular weight is 438 g/mol. The molecular weight excluding hydrogens is 428 g/mol. The topological polar surface area (TPSA) is 79.3 Å². The molecule has 5 nitrogen and oxygen atoms in total. The normalized spacial score (nSPS) is 14.7. The lowest BCUT2D eigenvalue weighted by Crippen LogP contribution is -2.04. The van der Waals surface area contributed by atoms with Crippen LogP contribution in [-0.2, 0) is 4.79 Å². The van der Waals surface area contributed by atoms with Crippen LogP contribution < -0.4 is 5.32 Å². The number of nitrogens with zero attached hydrogens (tertiary/aromatic N) is 1. The van der Waals surface area contributed by atoms with Crippen molar-refractivity contribution in [3.8, 4) is 5.75 Å². The molecule has 0 radical (unpaired) electrons. The van der Waals surface area contributed by atoms with E-state index in [0.717, 1.165) is 0 Å². The number of ketones is 1. The van der Waals surface area contributed by atoms with Crippen molar-refractivity contribution >= 4 is 61.0 Å². The molecule has 2 N–H and O–H groups in total. The van der Waals surface area contributed by atoms with Gasteiger partial charge in [-0.05, 0) is 68.6 Å². The second-order valence-corrected chi connectivity index (χ2v) is 6.73. The smallest absolute Gasteiger partial charge is 0.257 e. The van der Waals surface area contributed by atoms with Gasteiger partial charge >= 0.3 is 0 Å². The van der Waals surface area contributed by atoms with Gasteiger partial charge in [-0.25, -0.2) is 4.98 Å². The van der Waals surface area contributed by atoms with E-state index in [9.17, 15) is 14.7 Å². The largest absolute Gasteiger partial charge is 0.506 e. The number of benzene rings is 1. The molecule has 0 fully saturated rings. The zero-order valence-electron chi connectivity index (χ0n) is 11.9. The maximum absolute atomic E-state index is 12.2. The van der Waals surface area contributed by atoms with Gasteiger partial charge in [0.1, 0.15) is 11.6 Å². The predicted molar refractivity (Wildman–Crippen MR) is 94.2 cm³/mol. The molecule has 0 atom stereocenters. The summed E-state index contributed by atoms with van der Waals surface area (Å²) in [6, 6.07) is 5.04. The molecule has 1 amide bonds. The number of amides is 1. The summed E-state index contributed by atoms with van der Waals surface area (Å²) in [6.45, 7) is 1.45. The molecule has 2 heterocycles. The third kappa shape index (κ3) is 2.94. The highest BCUT2D eigenvalue weighted by molar-refractivity contribution is 9.11. The van der Waals surface area contributed by atoms with Crippen LogP contribution in [0.15, 0.2) is 33.3 Å². The Bertz CT molecular complexity index is 868. The minimum atomic E-state index is -0.284. The Kier molecular flexibility index (Phi) is 4.08. The van der Waals surface area contributed by atoms with Crippen molar-refractivity contribution in [3.05, 3.63) is 50.0 Å². The summed E-state index contributed by atoms with van der Waals surface area (Å²) in [5, 5.41) is 12.4. The minimum absolute atomic E-state index is 0.0870. The molecule has 0 aliphatic carbocycles. The molecule has 1 aliphatic heterocycles. The average Bonchev–Trinajstić information content (AvgIpc) is 2.80. The van der Waals surface area contributed by atoms with Crippen LogP contribution in [0.25, 0.3) is 11.6 Å². The number of pyridine rings is 1. The number of hydrogen-bond acceptors (Lipinski definition) is 4. The number of aromatic nitrogens is 1. The van der Waals surface area contributed by atoms with E-state index in [1.165, 1.54) is 13.1 Å². The lowest BCUT2D eigenvalue weighted by Gasteiger charge is -2.04. The first-order chi connectivity index (χ1) is 10.9. The Hall–Kier alpha value is -1.99. The Balaban J connectivity index is 2.13. The fourth-order valence-corrected chi connectivity index (χ4v) is 3.46. The summed E-state index contributed by atoms with van der Waals surface area (Å²) in [7, 11) is 0. The van der Waals surface area contributed by atoms with E-state index < -0.39 is 0 Å². The minimum Gasteiger partial charge on any atom is -0.506 e. The molecule has 116 valence electrons. The monoisotopic (exact) mass is 436 g/mol. The fourth-order valence-electron chi connectivity index (χ4n) is 2.24. The molecule has 0 spiro atoms. The third-order valence-corrected chi connectivity index (χ3v) is 4.62. The van der Waals surface area contributed by atoms with E-state index in [4.69, 9.17) is 0 Å². The number of halogens is 2. The van der Waals surface area contributed by atoms with Gasteiger partial charge in [-0.15, -0.1) is 0 Å². The first-order valence-corrected chi connectivity index (χ1v) is 8.18. The maximum atomic E-state index is 12.2. The SMILES string of the molecule is CC(=O)c1cnc2c(c1)/C(=C\c1cc(Br)c(O)c(Br)c1)C(=O)N2. The van der Waals surface area contributed by atoms with Gasteiger partial charge in [-0.3, -0.25) is 9.59 Å². The van der Waals surface area contributed by atoms with Crippen LogP contribution >= 0.6 is 31.9 Å². The van der Waals surface area contributed by atoms with E-state index in [0.29, 0.717) is 37.0 Å². The molecule has 1 aromatic carbocycles. The number of aromatic hydroxyl groups is 1. The quantitative estimate of drug-likeness (QED) is 0.549. The van der Waals surface area contributed by atoms with Crippen LogP contribution in [0.5, 0.6) is 5.75 Å². The van der Waals surface area contributed by atoms with Gasteiger partial charge in [0, 0.05) is 17.3 Å². The summed E-state index contributed by atoms with van der Waals surface area (Å²) in [6.07, 6.45) is 3.12. The molecule has 23 heavy (non-hydrogen) atoms. The number of fused-ring (bicyclic) bond motifs is 1. The lowest BCUT2D eigenvalue weighted by atomic mass is 10.0. The van der Waals surface area contributed by atoms with E-state index in [-0.39, 0.29) is 17.4 Å². The number of phenols is 1. The summed E-state index contributed by atoms with van der Waals surface area (Å²) in [5.74, 6) is 0.120. The van der Waals surface area contributed by atoms with E-state index in [2.05, 4.69) is 42.2 Å². The highest BCUT2D eigenvalue weighted by atomic mass is 79.9. The highest BCUT2D eigenvalue weighted by Gasteiger charge is 2.26. The highest BCUT2D eigenvalue weighted by Crippen LogP contribution is 2.36. The molecule has 0 saturated carbocycles. The second kappa shape index (κ2) is 5.90. The van der Waals surface area contributed by atoms with Crippen molar-refractivity contribution in [2.45, 2.75) is 6.92 Å². The number of phenolic OH excluding ortho intramolecular Hbond substituents is 1. The summed E-state index contributed by atoms with van der Waals surface area (Å²) >= 11 is 6.51. The second-order valence-electron chi connectivity index (χ2n) is 5.02. The number of carbonyl (C=O) groups is 2. The van der Waals surface area contributed by atoms with Crippen molar-refractivity contribution in [2.75, 3.05) is 5.32 Å². The van der Waals surface area contributed by atoms with E-state index >= 15 is 0 Å². The van der Waals surface area contributed by atoms with Crippen LogP contribution in [0.3, 0.4) is 0 Å². The van der Waals surface area contributed by atoms with E-state index in [1.54, 1.807) is 24.3 Å². The fraction of sp³-hybridized carbons (Fsp3) is 0.0625. The standard InChI is InChI=1S/C16H10Br2N2O3/c1-7(21)9-5-10-11(16(23)20-15(10)19-6-9)2-8-3-12(17)14(22)13(18)4-8/h2-6,22H,1H3,(H,19,20,23)/b11-2+. The Morgan fingerprint density at radius 1 is 1.26 bits per heavy atom. The first kappa shape index (κ1) is 15.9. The van der Waals surface area contributed by atoms with Crippen LogP contribution in [-0.4, -0.2) is 21.8 Å². The Labute approximate surface area is 148 Å². The molecular formula is C16H10Br2N2O3. The number of Topliss-reactive ketones (excluding diaryl/α,β-unsaturated/α-hetero) is 1. The zero-order valence-corrected chi connectivity index (χ0v) is 15.0. The van der Waals surface area contributed by atoms with Crippen LogP contribution in [0.1, 0.15) is 28.4 Å². The molecule has 3 rings (SSSR count). The number of rotatable bonds is 2. The van der Waals surface area contributed by atoms with Crippen molar-refractivity contribution in [1.29, 1.82) is 0 Å². The number of anilines is 1. The molecule has 7 heteroatoms. The van der Waals surface area contributed by atoms with Gasteiger partial charge in [-0.1, -0.05) is 0 Å². The zero-order chi connectivity index (χ0) is 16.7. The van der Waals surface area contributed by atoms with Gasteiger partial charge in [-0.2, -0.15) is 0 Å². The maximum Gasteiger partial charge on any atom is 0.257 e. The summed E-state index contributed by atoms with van der Waals surface area (Å²) in [4.78, 5) is 27.8. The summed E-state index contributed by atoms with van der Waals surface area (Å²) in [5.41, 5.74) is 2.16. The van der Waals surface area contributed by atoms with Gasteiger partial charge in [0.25, 0.3) is 5.91 Å². The lowest BCUT2D eigenvalue weighted by molar-refractivity contribution is -0.110. The van der Waals surface area contributed by atoms with Crippen LogP contribution in [0, 0.1) is 0 Å². The van der Waals surface area contributed by atoms with Crippen molar-refractivity contribution in [2.24, 2.45) is 0 Å². The first-order valence-electron chi connectivity index (χ1n) is 6.59. The third-order valence-electron chi connectivity index (χ3n) is 3.41. The number of hydrogen-bond donors (Lipinski definition) is 2. The summed E-state index contributed by atoms with van der Waals surface area (Å²) < 4.78 is 1.01. The molecule has 0 saturated heterocycles. The van der Waals surface area contributed by atoms with Crippen LogP contribution in [0.4, 0.5) is 5.82 Å². The van der Waals surface area contributed by atoms with Gasteiger partial charge in [0.15, 0.2) is 5.78 Å². The number of carbonyl (C=O) groups excluding carboxylic acids is 2. The molecule has 1 aliphatic rings. The van der Waals surface area contributed by atoms with E-state index in [1.807, 2.05) is 0 Å². The molecule has 2 aromatic rings. The molecule has 1 aromatic heterocycles. The number of nitrogens with one attached hydrogen (secondary N) is 1. The Morgan fingerprint density at radius 3 is 2.52 bits per heavy atom. The molecule has 0 bridgehead atoms. The van der Waals surface area contributed by atoms with Crippen LogP contribution in [0.2, 0.25) is 0 Å². The van der Waals surface area contributed by atoms with Gasteiger partial charge in [0.05, 0.1) is 14.5 Å². The predicted octanol–water partition coefficient (Wildman–Crippen LogP) is 4.01. The van der Waals surface area contributed by atoms with Crippen molar-refractivity contribution < 1.29 is 14.7 Å². The molecule has 0 unspecified atom stereocenters. The van der Waals surface area contributed by atoms with Crippen molar-refractivity contribution in [1.82, 2.24) is 4.98 Å².